The molecule has 162 valence electrons. The van der Waals surface area contributed by atoms with Crippen LogP contribution in [0.2, 0.25) is 0 Å². The normalized spacial score (nSPS) is 18.6. The number of anilines is 3. The molecule has 1 saturated carbocycles. The molecule has 1 aliphatic carbocycles. The molecule has 8 heteroatoms. The SMILES string of the molecule is O=S1(=O)N(CCCCNC2CCCCC2)c2ccccc2N1c1c(F)cccc1F. The second-order valence-corrected chi connectivity index (χ2v) is 9.60. The van der Waals surface area contributed by atoms with Gasteiger partial charge in [-0.15, -0.1) is 0 Å². The van der Waals surface area contributed by atoms with Crippen molar-refractivity contribution in [2.24, 2.45) is 0 Å². The van der Waals surface area contributed by atoms with Crippen LogP contribution in [0.4, 0.5) is 25.8 Å². The molecule has 0 amide bonds. The van der Waals surface area contributed by atoms with Crippen LogP contribution in [0.15, 0.2) is 42.5 Å². The quantitative estimate of drug-likeness (QED) is 0.632. The molecular formula is C22H27F2N3O2S. The zero-order valence-corrected chi connectivity index (χ0v) is 17.7. The van der Waals surface area contributed by atoms with Gasteiger partial charge >= 0.3 is 10.2 Å². The van der Waals surface area contributed by atoms with Crippen LogP contribution in [0, 0.1) is 11.6 Å². The lowest BCUT2D eigenvalue weighted by Crippen LogP contribution is -2.37. The smallest absolute Gasteiger partial charge is 0.314 e. The molecule has 1 heterocycles. The Labute approximate surface area is 176 Å². The topological polar surface area (TPSA) is 52.7 Å². The summed E-state index contributed by atoms with van der Waals surface area (Å²) < 4.78 is 57.4. The van der Waals surface area contributed by atoms with Crippen molar-refractivity contribution in [3.63, 3.8) is 0 Å². The summed E-state index contributed by atoms with van der Waals surface area (Å²) in [5.74, 6) is -1.82. The van der Waals surface area contributed by atoms with Gasteiger partial charge in [0.2, 0.25) is 0 Å². The molecule has 30 heavy (non-hydrogen) atoms. The van der Waals surface area contributed by atoms with Crippen LogP contribution >= 0.6 is 0 Å². The molecule has 1 N–H and O–H groups in total. The Balaban J connectivity index is 1.49. The van der Waals surface area contributed by atoms with Crippen molar-refractivity contribution in [2.75, 3.05) is 21.7 Å². The molecule has 0 unspecified atom stereocenters. The number of fused-ring (bicyclic) bond motifs is 1. The lowest BCUT2D eigenvalue weighted by molar-refractivity contribution is 0.371. The number of hydrogen-bond acceptors (Lipinski definition) is 3. The van der Waals surface area contributed by atoms with Gasteiger partial charge in [0.25, 0.3) is 0 Å². The van der Waals surface area contributed by atoms with E-state index in [2.05, 4.69) is 5.32 Å². The Kier molecular flexibility index (Phi) is 6.24. The Morgan fingerprint density at radius 3 is 2.27 bits per heavy atom. The fraction of sp³-hybridized carbons (Fsp3) is 0.455. The number of benzene rings is 2. The lowest BCUT2D eigenvalue weighted by atomic mass is 9.95. The zero-order chi connectivity index (χ0) is 21.1. The molecular weight excluding hydrogens is 408 g/mol. The predicted molar refractivity (Wildman–Crippen MR) is 115 cm³/mol. The van der Waals surface area contributed by atoms with E-state index in [0.29, 0.717) is 18.2 Å². The molecule has 2 aromatic carbocycles. The highest BCUT2D eigenvalue weighted by Gasteiger charge is 2.43. The third-order valence-corrected chi connectivity index (χ3v) is 7.62. The second kappa shape index (κ2) is 8.89. The van der Waals surface area contributed by atoms with E-state index < -0.39 is 27.5 Å². The Morgan fingerprint density at radius 1 is 0.900 bits per heavy atom. The summed E-state index contributed by atoms with van der Waals surface area (Å²) in [7, 11) is -4.13. The van der Waals surface area contributed by atoms with Crippen LogP contribution < -0.4 is 13.9 Å². The van der Waals surface area contributed by atoms with Crippen LogP contribution in [-0.2, 0) is 10.2 Å². The first-order chi connectivity index (χ1) is 14.5. The second-order valence-electron chi connectivity index (χ2n) is 7.90. The van der Waals surface area contributed by atoms with Crippen LogP contribution in [0.5, 0.6) is 0 Å². The number of hydrogen-bond donors (Lipinski definition) is 1. The van der Waals surface area contributed by atoms with Crippen molar-refractivity contribution in [3.8, 4) is 0 Å². The summed E-state index contributed by atoms with van der Waals surface area (Å²) in [5.41, 5.74) is 0.147. The van der Waals surface area contributed by atoms with Crippen molar-refractivity contribution in [3.05, 3.63) is 54.1 Å². The monoisotopic (exact) mass is 435 g/mol. The van der Waals surface area contributed by atoms with E-state index in [1.54, 1.807) is 24.3 Å². The number of unbranched alkanes of at least 4 members (excludes halogenated alkanes) is 1. The third-order valence-electron chi connectivity index (χ3n) is 5.85. The van der Waals surface area contributed by atoms with Crippen molar-refractivity contribution in [1.82, 2.24) is 5.32 Å². The Hall–Kier alpha value is -2.19. The van der Waals surface area contributed by atoms with Crippen molar-refractivity contribution in [1.29, 1.82) is 0 Å². The van der Waals surface area contributed by atoms with Gasteiger partial charge in [0, 0.05) is 12.6 Å². The zero-order valence-electron chi connectivity index (χ0n) is 16.9. The first-order valence-corrected chi connectivity index (χ1v) is 12.0. The minimum Gasteiger partial charge on any atom is -0.314 e. The van der Waals surface area contributed by atoms with Gasteiger partial charge in [0.05, 0.1) is 11.4 Å². The van der Waals surface area contributed by atoms with Gasteiger partial charge in [0.15, 0.2) is 11.6 Å². The molecule has 1 fully saturated rings. The van der Waals surface area contributed by atoms with Crippen molar-refractivity contribution < 1.29 is 17.2 Å². The fourth-order valence-corrected chi connectivity index (χ4v) is 6.11. The molecule has 1 aliphatic heterocycles. The molecule has 4 rings (SSSR count). The maximum absolute atomic E-state index is 14.4. The van der Waals surface area contributed by atoms with E-state index in [1.165, 1.54) is 42.5 Å². The number of para-hydroxylation sites is 3. The average molecular weight is 436 g/mol. The van der Waals surface area contributed by atoms with Gasteiger partial charge in [-0.2, -0.15) is 8.42 Å². The molecule has 0 bridgehead atoms. The minimum absolute atomic E-state index is 0.262. The Morgan fingerprint density at radius 2 is 1.57 bits per heavy atom. The van der Waals surface area contributed by atoms with E-state index in [9.17, 15) is 17.2 Å². The van der Waals surface area contributed by atoms with Crippen LogP contribution in [0.25, 0.3) is 0 Å². The summed E-state index contributed by atoms with van der Waals surface area (Å²) in [4.78, 5) is 0. The summed E-state index contributed by atoms with van der Waals surface area (Å²) >= 11 is 0. The summed E-state index contributed by atoms with van der Waals surface area (Å²) in [6.45, 7) is 1.10. The molecule has 2 aromatic rings. The minimum atomic E-state index is -4.13. The first kappa shape index (κ1) is 21.1. The fourth-order valence-electron chi connectivity index (χ4n) is 4.34. The third kappa shape index (κ3) is 4.03. The van der Waals surface area contributed by atoms with E-state index >= 15 is 0 Å². The molecule has 0 saturated heterocycles. The van der Waals surface area contributed by atoms with E-state index in [4.69, 9.17) is 0 Å². The molecule has 2 aliphatic rings. The standard InChI is InChI=1S/C22H27F2N3O2S/c23-18-11-8-12-19(24)22(18)27-21-14-5-4-13-20(21)26(30(27,28)29)16-7-6-15-25-17-9-2-1-3-10-17/h4-5,8,11-14,17,25H,1-3,6-7,9-10,15-16H2. The van der Waals surface area contributed by atoms with Crippen LogP contribution in [-0.4, -0.2) is 27.5 Å². The maximum Gasteiger partial charge on any atom is 0.331 e. The highest BCUT2D eigenvalue weighted by atomic mass is 32.2. The largest absolute Gasteiger partial charge is 0.331 e. The highest BCUT2D eigenvalue weighted by Crippen LogP contribution is 2.46. The van der Waals surface area contributed by atoms with Crippen molar-refractivity contribution >= 4 is 27.3 Å². The van der Waals surface area contributed by atoms with Gasteiger partial charge in [-0.25, -0.2) is 13.1 Å². The highest BCUT2D eigenvalue weighted by molar-refractivity contribution is 7.95. The van der Waals surface area contributed by atoms with E-state index in [0.717, 1.165) is 29.4 Å². The van der Waals surface area contributed by atoms with Crippen LogP contribution in [0.1, 0.15) is 44.9 Å². The molecule has 0 spiro atoms. The number of halogens is 2. The molecule has 0 aromatic heterocycles. The van der Waals surface area contributed by atoms with Gasteiger partial charge < -0.3 is 5.32 Å². The summed E-state index contributed by atoms with van der Waals surface area (Å²) in [6.07, 6.45) is 7.74. The molecule has 0 atom stereocenters. The van der Waals surface area contributed by atoms with E-state index in [1.807, 2.05) is 0 Å². The summed E-state index contributed by atoms with van der Waals surface area (Å²) in [5, 5.41) is 3.56. The Bertz CT molecular complexity index is 973. The van der Waals surface area contributed by atoms with Gasteiger partial charge in [-0.3, -0.25) is 4.31 Å². The van der Waals surface area contributed by atoms with Crippen LogP contribution in [0.3, 0.4) is 0 Å². The van der Waals surface area contributed by atoms with Gasteiger partial charge in [0.1, 0.15) is 5.69 Å². The average Bonchev–Trinajstić information content (AvgIpc) is 2.95. The lowest BCUT2D eigenvalue weighted by Gasteiger charge is -2.24. The van der Waals surface area contributed by atoms with E-state index in [-0.39, 0.29) is 12.2 Å². The molecule has 0 radical (unpaired) electrons. The number of nitrogens with zero attached hydrogens (tertiary/aromatic N) is 2. The summed E-state index contributed by atoms with van der Waals surface area (Å²) in [6, 6.07) is 10.6. The first-order valence-electron chi connectivity index (χ1n) is 10.6. The number of rotatable bonds is 7. The maximum atomic E-state index is 14.4. The number of nitrogens with one attached hydrogen (secondary N) is 1. The predicted octanol–water partition coefficient (Wildman–Crippen LogP) is 4.87. The molecule has 5 nitrogen and oxygen atoms in total. The van der Waals surface area contributed by atoms with Gasteiger partial charge in [-0.1, -0.05) is 37.5 Å². The van der Waals surface area contributed by atoms with Crippen molar-refractivity contribution in [2.45, 2.75) is 51.0 Å². The van der Waals surface area contributed by atoms with Gasteiger partial charge in [-0.05, 0) is 56.5 Å².